The van der Waals surface area contributed by atoms with Crippen LogP contribution in [-0.4, -0.2) is 42.6 Å². The second kappa shape index (κ2) is 8.10. The molecule has 1 amide bonds. The van der Waals surface area contributed by atoms with E-state index in [2.05, 4.69) is 4.98 Å². The number of aromatic nitrogens is 1. The number of methoxy groups -OCH3 is 1. The van der Waals surface area contributed by atoms with Gasteiger partial charge in [-0.15, -0.1) is 11.3 Å². The monoisotopic (exact) mass is 434 g/mol. The number of fused-ring (bicyclic) bond motifs is 1. The molecule has 0 unspecified atom stereocenters. The number of sulfone groups is 1. The molecule has 1 heterocycles. The molecule has 0 fully saturated rings. The summed E-state index contributed by atoms with van der Waals surface area (Å²) < 4.78 is 28.6. The number of hydrogen-bond donors (Lipinski definition) is 2. The van der Waals surface area contributed by atoms with Crippen LogP contribution < -0.4 is 10.2 Å². The summed E-state index contributed by atoms with van der Waals surface area (Å²) in [4.78, 5) is 16.5. The predicted molar refractivity (Wildman–Crippen MR) is 113 cm³/mol. The quantitative estimate of drug-likeness (QED) is 0.437. The first-order chi connectivity index (χ1) is 13.7. The fourth-order valence-corrected chi connectivity index (χ4v) is 4.83. The lowest BCUT2D eigenvalue weighted by Gasteiger charge is -2.24. The van der Waals surface area contributed by atoms with Gasteiger partial charge in [0.15, 0.2) is 9.84 Å². The maximum absolute atomic E-state index is 12.1. The zero-order valence-corrected chi connectivity index (χ0v) is 17.9. The van der Waals surface area contributed by atoms with Crippen LogP contribution in [0.15, 0.2) is 42.5 Å². The van der Waals surface area contributed by atoms with Gasteiger partial charge in [-0.3, -0.25) is 10.0 Å². The SMILES string of the molecule is COc1ccc(-c2ccc3nc(CC[C@](C)(C(=O)NO)S(C)(=O)=O)sc3c2)cc1. The molecule has 0 saturated heterocycles. The molecule has 1 aromatic heterocycles. The molecular formula is C20H22N2O5S2. The standard InChI is InChI=1S/C20H22N2O5S2/c1-20(19(23)22-24,29(3,25)26)11-10-18-21-16-9-6-14(12-17(16)28-18)13-4-7-15(27-2)8-5-13/h4-9,12,24H,10-11H2,1-3H3,(H,22,23)/t20-/m1/s1. The third-order valence-corrected chi connectivity index (χ3v) is 8.18. The highest BCUT2D eigenvalue weighted by molar-refractivity contribution is 7.92. The first kappa shape index (κ1) is 21.2. The first-order valence-corrected chi connectivity index (χ1v) is 11.6. The van der Waals surface area contributed by atoms with Crippen LogP contribution in [0, 0.1) is 0 Å². The van der Waals surface area contributed by atoms with E-state index in [4.69, 9.17) is 9.94 Å². The topological polar surface area (TPSA) is 106 Å². The van der Waals surface area contributed by atoms with Gasteiger partial charge < -0.3 is 4.74 Å². The maximum Gasteiger partial charge on any atom is 0.264 e. The molecule has 154 valence electrons. The fraction of sp³-hybridized carbons (Fsp3) is 0.300. The number of hydrogen-bond acceptors (Lipinski definition) is 7. The van der Waals surface area contributed by atoms with Gasteiger partial charge in [0.1, 0.15) is 10.5 Å². The number of amides is 1. The van der Waals surface area contributed by atoms with E-state index in [1.165, 1.54) is 23.7 Å². The summed E-state index contributed by atoms with van der Waals surface area (Å²) in [5, 5.41) is 9.66. The Balaban J connectivity index is 1.85. The van der Waals surface area contributed by atoms with Gasteiger partial charge in [0.2, 0.25) is 0 Å². The van der Waals surface area contributed by atoms with Crippen molar-refractivity contribution >= 4 is 37.3 Å². The number of hydroxylamine groups is 1. The van der Waals surface area contributed by atoms with E-state index in [0.29, 0.717) is 6.42 Å². The number of ether oxygens (including phenoxy) is 1. The average molecular weight is 435 g/mol. The lowest BCUT2D eigenvalue weighted by Crippen LogP contribution is -2.49. The number of rotatable bonds is 7. The van der Waals surface area contributed by atoms with E-state index in [1.807, 2.05) is 42.5 Å². The highest BCUT2D eigenvalue weighted by Gasteiger charge is 2.43. The summed E-state index contributed by atoms with van der Waals surface area (Å²) >= 11 is 1.46. The lowest BCUT2D eigenvalue weighted by atomic mass is 10.0. The van der Waals surface area contributed by atoms with Crippen molar-refractivity contribution in [2.75, 3.05) is 13.4 Å². The predicted octanol–water partition coefficient (Wildman–Crippen LogP) is 3.21. The highest BCUT2D eigenvalue weighted by atomic mass is 32.2. The Morgan fingerprint density at radius 1 is 1.21 bits per heavy atom. The molecule has 0 aliphatic rings. The molecule has 0 saturated carbocycles. The van der Waals surface area contributed by atoms with Gasteiger partial charge in [0, 0.05) is 12.7 Å². The normalized spacial score (nSPS) is 13.8. The molecule has 9 heteroatoms. The lowest BCUT2D eigenvalue weighted by molar-refractivity contribution is -0.131. The Bertz CT molecular complexity index is 1140. The van der Waals surface area contributed by atoms with Crippen LogP contribution in [0.1, 0.15) is 18.4 Å². The molecule has 0 radical (unpaired) electrons. The van der Waals surface area contributed by atoms with Crippen LogP contribution >= 0.6 is 11.3 Å². The number of aryl methyl sites for hydroxylation is 1. The second-order valence-electron chi connectivity index (χ2n) is 6.96. The van der Waals surface area contributed by atoms with Crippen LogP contribution in [0.3, 0.4) is 0 Å². The number of carbonyl (C=O) groups excluding carboxylic acids is 1. The molecule has 7 nitrogen and oxygen atoms in total. The van der Waals surface area contributed by atoms with Crippen LogP contribution in [0.25, 0.3) is 21.3 Å². The van der Waals surface area contributed by atoms with E-state index in [-0.39, 0.29) is 6.42 Å². The van der Waals surface area contributed by atoms with Crippen molar-refractivity contribution in [3.8, 4) is 16.9 Å². The van der Waals surface area contributed by atoms with Crippen molar-refractivity contribution < 1.29 is 23.2 Å². The van der Waals surface area contributed by atoms with E-state index >= 15 is 0 Å². The fourth-order valence-electron chi connectivity index (χ4n) is 2.97. The van der Waals surface area contributed by atoms with Gasteiger partial charge in [-0.25, -0.2) is 18.9 Å². The molecule has 29 heavy (non-hydrogen) atoms. The first-order valence-electron chi connectivity index (χ1n) is 8.86. The van der Waals surface area contributed by atoms with Gasteiger partial charge in [-0.05, 0) is 48.7 Å². The molecule has 0 aliphatic carbocycles. The minimum Gasteiger partial charge on any atom is -0.497 e. The third-order valence-electron chi connectivity index (χ3n) is 5.07. The number of nitrogens with one attached hydrogen (secondary N) is 1. The Hall–Kier alpha value is -2.49. The molecule has 0 aliphatic heterocycles. The Morgan fingerprint density at radius 2 is 1.86 bits per heavy atom. The van der Waals surface area contributed by atoms with E-state index < -0.39 is 20.5 Å². The minimum absolute atomic E-state index is 0.0172. The van der Waals surface area contributed by atoms with Crippen LogP contribution in [0.2, 0.25) is 0 Å². The summed E-state index contributed by atoms with van der Waals surface area (Å²) in [7, 11) is -2.11. The average Bonchev–Trinajstić information content (AvgIpc) is 3.12. The van der Waals surface area contributed by atoms with Gasteiger partial charge in [0.05, 0.1) is 22.3 Å². The van der Waals surface area contributed by atoms with E-state index in [0.717, 1.165) is 38.4 Å². The van der Waals surface area contributed by atoms with Crippen molar-refractivity contribution in [1.29, 1.82) is 0 Å². The zero-order valence-electron chi connectivity index (χ0n) is 16.3. The molecule has 0 bridgehead atoms. The summed E-state index contributed by atoms with van der Waals surface area (Å²) in [6.45, 7) is 1.31. The number of carbonyl (C=O) groups is 1. The summed E-state index contributed by atoms with van der Waals surface area (Å²) in [6, 6.07) is 13.7. The minimum atomic E-state index is -3.73. The molecule has 0 spiro atoms. The molecule has 2 aromatic carbocycles. The Kier molecular flexibility index (Phi) is 5.92. The summed E-state index contributed by atoms with van der Waals surface area (Å²) in [5.74, 6) is -0.154. The van der Waals surface area contributed by atoms with E-state index in [9.17, 15) is 13.2 Å². The van der Waals surface area contributed by atoms with Crippen molar-refractivity contribution in [2.24, 2.45) is 0 Å². The van der Waals surface area contributed by atoms with Crippen molar-refractivity contribution in [3.05, 3.63) is 47.5 Å². The number of benzene rings is 2. The van der Waals surface area contributed by atoms with Gasteiger partial charge in [-0.2, -0.15) is 0 Å². The van der Waals surface area contributed by atoms with E-state index in [1.54, 1.807) is 7.11 Å². The zero-order chi connectivity index (χ0) is 21.2. The Morgan fingerprint density at radius 3 is 2.45 bits per heavy atom. The number of nitrogens with zero attached hydrogens (tertiary/aromatic N) is 1. The van der Waals surface area contributed by atoms with Crippen molar-refractivity contribution in [2.45, 2.75) is 24.5 Å². The molecular weight excluding hydrogens is 412 g/mol. The van der Waals surface area contributed by atoms with Crippen molar-refractivity contribution in [1.82, 2.24) is 10.5 Å². The number of thiazole rings is 1. The smallest absolute Gasteiger partial charge is 0.264 e. The highest BCUT2D eigenvalue weighted by Crippen LogP contribution is 2.31. The van der Waals surface area contributed by atoms with Gasteiger partial charge in [-0.1, -0.05) is 18.2 Å². The molecule has 3 aromatic rings. The summed E-state index contributed by atoms with van der Waals surface area (Å²) in [6.07, 6.45) is 1.30. The second-order valence-corrected chi connectivity index (χ2v) is 10.5. The molecule has 1 atom stereocenters. The Labute approximate surface area is 173 Å². The third kappa shape index (κ3) is 4.26. The van der Waals surface area contributed by atoms with Crippen LogP contribution in [0.5, 0.6) is 5.75 Å². The molecule has 2 N–H and O–H groups in total. The summed E-state index contributed by atoms with van der Waals surface area (Å²) in [5.41, 5.74) is 4.37. The van der Waals surface area contributed by atoms with Crippen LogP contribution in [-0.2, 0) is 21.1 Å². The van der Waals surface area contributed by atoms with Gasteiger partial charge >= 0.3 is 0 Å². The van der Waals surface area contributed by atoms with Crippen molar-refractivity contribution in [3.63, 3.8) is 0 Å². The van der Waals surface area contributed by atoms with Crippen LogP contribution in [0.4, 0.5) is 0 Å². The molecule has 3 rings (SSSR count). The maximum atomic E-state index is 12.1. The largest absolute Gasteiger partial charge is 0.497 e. The van der Waals surface area contributed by atoms with Gasteiger partial charge in [0.25, 0.3) is 5.91 Å².